The molecule has 0 aromatic rings. The largest absolute Gasteiger partial charge is 0.486 e. The van der Waals surface area contributed by atoms with Gasteiger partial charge in [-0.15, -0.1) is 0 Å². The van der Waals surface area contributed by atoms with Crippen molar-refractivity contribution >= 4 is 5.78 Å². The minimum Gasteiger partial charge on any atom is -0.486 e. The van der Waals surface area contributed by atoms with Gasteiger partial charge in [0.15, 0.2) is 6.10 Å². The molecule has 1 atom stereocenters. The van der Waals surface area contributed by atoms with Crippen LogP contribution >= 0.6 is 0 Å². The molecule has 0 saturated heterocycles. The quantitative estimate of drug-likeness (QED) is 0.641. The SMILES string of the molecule is CC1=C(C2CCCCC2)OC(C)C1=O. The first-order valence-electron chi connectivity index (χ1n) is 5.62. The maximum absolute atomic E-state index is 11.6. The van der Waals surface area contributed by atoms with E-state index in [9.17, 15) is 4.79 Å². The molecule has 0 amide bonds. The van der Waals surface area contributed by atoms with Gasteiger partial charge in [0.25, 0.3) is 0 Å². The van der Waals surface area contributed by atoms with Gasteiger partial charge in [-0.3, -0.25) is 4.79 Å². The fourth-order valence-corrected chi connectivity index (χ4v) is 2.53. The Kier molecular flexibility index (Phi) is 2.62. The highest BCUT2D eigenvalue weighted by atomic mass is 16.5. The van der Waals surface area contributed by atoms with Crippen LogP contribution in [0.3, 0.4) is 0 Å². The minimum atomic E-state index is -0.230. The Morgan fingerprint density at radius 2 is 1.86 bits per heavy atom. The molecule has 14 heavy (non-hydrogen) atoms. The number of ketones is 1. The van der Waals surface area contributed by atoms with E-state index < -0.39 is 0 Å². The summed E-state index contributed by atoms with van der Waals surface area (Å²) < 4.78 is 5.66. The molecule has 2 nitrogen and oxygen atoms in total. The molecule has 0 aromatic heterocycles. The Bertz CT molecular complexity index is 272. The molecule has 1 unspecified atom stereocenters. The van der Waals surface area contributed by atoms with E-state index in [-0.39, 0.29) is 11.9 Å². The Balaban J connectivity index is 2.13. The molecule has 1 aliphatic heterocycles. The predicted molar refractivity (Wildman–Crippen MR) is 54.8 cm³/mol. The second kappa shape index (κ2) is 3.76. The van der Waals surface area contributed by atoms with E-state index in [0.29, 0.717) is 5.92 Å². The number of ether oxygens (including phenoxy) is 1. The monoisotopic (exact) mass is 194 g/mol. The summed E-state index contributed by atoms with van der Waals surface area (Å²) >= 11 is 0. The molecule has 0 radical (unpaired) electrons. The second-order valence-electron chi connectivity index (χ2n) is 4.45. The maximum atomic E-state index is 11.6. The fourth-order valence-electron chi connectivity index (χ4n) is 2.53. The molecule has 1 saturated carbocycles. The van der Waals surface area contributed by atoms with Gasteiger partial charge in [-0.2, -0.15) is 0 Å². The van der Waals surface area contributed by atoms with Crippen LogP contribution in [0.4, 0.5) is 0 Å². The van der Waals surface area contributed by atoms with Crippen LogP contribution in [0.15, 0.2) is 11.3 Å². The van der Waals surface area contributed by atoms with Crippen LogP contribution in [-0.2, 0) is 9.53 Å². The highest BCUT2D eigenvalue weighted by molar-refractivity contribution is 6.00. The van der Waals surface area contributed by atoms with Crippen LogP contribution in [0, 0.1) is 5.92 Å². The molecular weight excluding hydrogens is 176 g/mol. The smallest absolute Gasteiger partial charge is 0.202 e. The number of carbonyl (C=O) groups excluding carboxylic acids is 1. The highest BCUT2D eigenvalue weighted by Gasteiger charge is 2.33. The lowest BCUT2D eigenvalue weighted by Gasteiger charge is -2.23. The summed E-state index contributed by atoms with van der Waals surface area (Å²) in [5, 5.41) is 0. The summed E-state index contributed by atoms with van der Waals surface area (Å²) in [6.07, 6.45) is 6.08. The average Bonchev–Trinajstić information content (AvgIpc) is 2.47. The number of hydrogen-bond donors (Lipinski definition) is 0. The standard InChI is InChI=1S/C12H18O2/c1-8-11(13)9(2)14-12(8)10-6-4-3-5-7-10/h9-10H,3-7H2,1-2H3. The number of Topliss-reactive ketones (excluding diaryl/α,β-unsaturated/α-hetero) is 1. The molecule has 0 aromatic carbocycles. The summed E-state index contributed by atoms with van der Waals surface area (Å²) in [6, 6.07) is 0. The topological polar surface area (TPSA) is 26.3 Å². The Hall–Kier alpha value is -0.790. The van der Waals surface area contributed by atoms with E-state index in [1.54, 1.807) is 0 Å². The van der Waals surface area contributed by atoms with Crippen LogP contribution in [0.1, 0.15) is 46.0 Å². The van der Waals surface area contributed by atoms with Crippen molar-refractivity contribution in [2.24, 2.45) is 5.92 Å². The van der Waals surface area contributed by atoms with Crippen LogP contribution in [-0.4, -0.2) is 11.9 Å². The zero-order valence-electron chi connectivity index (χ0n) is 9.01. The van der Waals surface area contributed by atoms with Crippen molar-refractivity contribution in [3.05, 3.63) is 11.3 Å². The van der Waals surface area contributed by atoms with Gasteiger partial charge in [0.2, 0.25) is 5.78 Å². The first-order valence-corrected chi connectivity index (χ1v) is 5.62. The van der Waals surface area contributed by atoms with Crippen molar-refractivity contribution in [1.29, 1.82) is 0 Å². The lowest BCUT2D eigenvalue weighted by Crippen LogP contribution is -2.13. The molecule has 1 fully saturated rings. The minimum absolute atomic E-state index is 0.186. The van der Waals surface area contributed by atoms with Gasteiger partial charge in [-0.25, -0.2) is 0 Å². The highest BCUT2D eigenvalue weighted by Crippen LogP contribution is 2.36. The van der Waals surface area contributed by atoms with Gasteiger partial charge in [0, 0.05) is 11.5 Å². The normalized spacial score (nSPS) is 29.6. The Labute approximate surface area is 85.3 Å². The summed E-state index contributed by atoms with van der Waals surface area (Å²) in [5.41, 5.74) is 0.879. The first kappa shape index (κ1) is 9.75. The fraction of sp³-hybridized carbons (Fsp3) is 0.750. The van der Waals surface area contributed by atoms with E-state index in [2.05, 4.69) is 0 Å². The number of carbonyl (C=O) groups is 1. The molecule has 78 valence electrons. The molecule has 2 rings (SSSR count). The average molecular weight is 194 g/mol. The summed E-state index contributed by atoms with van der Waals surface area (Å²) in [6.45, 7) is 3.76. The molecule has 2 heteroatoms. The van der Waals surface area contributed by atoms with E-state index in [1.807, 2.05) is 13.8 Å². The van der Waals surface area contributed by atoms with E-state index in [4.69, 9.17) is 4.74 Å². The van der Waals surface area contributed by atoms with Gasteiger partial charge in [0.1, 0.15) is 5.76 Å². The van der Waals surface area contributed by atoms with Crippen molar-refractivity contribution in [2.45, 2.75) is 52.1 Å². The van der Waals surface area contributed by atoms with Crippen molar-refractivity contribution in [2.75, 3.05) is 0 Å². The third-order valence-electron chi connectivity index (χ3n) is 3.39. The van der Waals surface area contributed by atoms with Crippen molar-refractivity contribution in [1.82, 2.24) is 0 Å². The molecule has 0 spiro atoms. The van der Waals surface area contributed by atoms with E-state index >= 15 is 0 Å². The van der Waals surface area contributed by atoms with Crippen molar-refractivity contribution < 1.29 is 9.53 Å². The number of rotatable bonds is 1. The van der Waals surface area contributed by atoms with Crippen LogP contribution in [0.5, 0.6) is 0 Å². The third-order valence-corrected chi connectivity index (χ3v) is 3.39. The van der Waals surface area contributed by atoms with Gasteiger partial charge < -0.3 is 4.74 Å². The zero-order chi connectivity index (χ0) is 10.1. The first-order chi connectivity index (χ1) is 6.70. The van der Waals surface area contributed by atoms with Crippen molar-refractivity contribution in [3.63, 3.8) is 0 Å². The molecule has 1 aliphatic carbocycles. The van der Waals surface area contributed by atoms with Gasteiger partial charge in [-0.1, -0.05) is 19.3 Å². The van der Waals surface area contributed by atoms with E-state index in [1.165, 1.54) is 32.1 Å². The van der Waals surface area contributed by atoms with E-state index in [0.717, 1.165) is 11.3 Å². The third kappa shape index (κ3) is 1.58. The molecule has 0 N–H and O–H groups in total. The van der Waals surface area contributed by atoms with Crippen LogP contribution in [0.25, 0.3) is 0 Å². The Morgan fingerprint density at radius 3 is 2.36 bits per heavy atom. The Morgan fingerprint density at radius 1 is 1.21 bits per heavy atom. The second-order valence-corrected chi connectivity index (χ2v) is 4.45. The number of hydrogen-bond acceptors (Lipinski definition) is 2. The van der Waals surface area contributed by atoms with Gasteiger partial charge >= 0.3 is 0 Å². The molecule has 0 bridgehead atoms. The summed E-state index contributed by atoms with van der Waals surface area (Å²) in [5.74, 6) is 1.71. The van der Waals surface area contributed by atoms with Crippen LogP contribution in [0.2, 0.25) is 0 Å². The van der Waals surface area contributed by atoms with Crippen LogP contribution < -0.4 is 0 Å². The van der Waals surface area contributed by atoms with Gasteiger partial charge in [-0.05, 0) is 26.7 Å². The lowest BCUT2D eigenvalue weighted by atomic mass is 9.86. The lowest BCUT2D eigenvalue weighted by molar-refractivity contribution is -0.120. The summed E-state index contributed by atoms with van der Waals surface area (Å²) in [7, 11) is 0. The number of allylic oxidation sites excluding steroid dienone is 1. The molecular formula is C12H18O2. The maximum Gasteiger partial charge on any atom is 0.202 e. The predicted octanol–water partition coefficient (Wildman–Crippen LogP) is 2.83. The van der Waals surface area contributed by atoms with Gasteiger partial charge in [0.05, 0.1) is 0 Å². The van der Waals surface area contributed by atoms with Crippen molar-refractivity contribution in [3.8, 4) is 0 Å². The molecule has 2 aliphatic rings. The molecule has 1 heterocycles. The summed E-state index contributed by atoms with van der Waals surface area (Å²) in [4.78, 5) is 11.6. The zero-order valence-corrected chi connectivity index (χ0v) is 9.01.